The van der Waals surface area contributed by atoms with Crippen LogP contribution in [0.15, 0.2) is 48.5 Å². The first kappa shape index (κ1) is 32.0. The third kappa shape index (κ3) is 7.90. The standard InChI is InChI=1S/C34H42BrFN2O4/c1-22-28(24-9-13-26(14-10-24)41-20-15-23-7-11-25(36)12-8-23)30(38-18-16-34(5,6)17-19-38)29(27(21-35)37-22)31(32(39)40)42-33(2,3)4/h7-14,31H,15-21H2,1-6H3,(H,39,40). The van der Waals surface area contributed by atoms with Crippen LogP contribution in [0.1, 0.15) is 76.1 Å². The highest BCUT2D eigenvalue weighted by Crippen LogP contribution is 2.45. The lowest BCUT2D eigenvalue weighted by Crippen LogP contribution is -2.39. The van der Waals surface area contributed by atoms with Gasteiger partial charge in [-0.05, 0) is 81.3 Å². The number of ether oxygens (including phenoxy) is 2. The molecule has 8 heteroatoms. The van der Waals surface area contributed by atoms with Gasteiger partial charge in [-0.15, -0.1) is 0 Å². The maximum atomic E-state index is 13.2. The summed E-state index contributed by atoms with van der Waals surface area (Å²) in [5.74, 6) is -0.559. The number of rotatable bonds is 10. The first-order valence-electron chi connectivity index (χ1n) is 14.5. The fourth-order valence-corrected chi connectivity index (χ4v) is 5.82. The molecule has 1 N–H and O–H groups in total. The smallest absolute Gasteiger partial charge is 0.337 e. The Balaban J connectivity index is 1.75. The Kier molecular flexibility index (Phi) is 9.99. The van der Waals surface area contributed by atoms with Crippen molar-refractivity contribution in [3.05, 3.63) is 76.9 Å². The molecule has 1 aromatic heterocycles. The molecule has 6 nitrogen and oxygen atoms in total. The second-order valence-electron chi connectivity index (χ2n) is 12.8. The maximum Gasteiger partial charge on any atom is 0.337 e. The summed E-state index contributed by atoms with van der Waals surface area (Å²) in [4.78, 5) is 20.0. The Morgan fingerprint density at radius 2 is 1.71 bits per heavy atom. The van der Waals surface area contributed by atoms with Gasteiger partial charge in [-0.1, -0.05) is 54.0 Å². The zero-order valence-electron chi connectivity index (χ0n) is 25.5. The molecule has 1 aliphatic heterocycles. The summed E-state index contributed by atoms with van der Waals surface area (Å²) in [5, 5.41) is 10.9. The summed E-state index contributed by atoms with van der Waals surface area (Å²) in [7, 11) is 0. The molecule has 1 fully saturated rings. The largest absolute Gasteiger partial charge is 0.493 e. The first-order valence-corrected chi connectivity index (χ1v) is 15.6. The van der Waals surface area contributed by atoms with E-state index in [0.29, 0.717) is 29.6 Å². The summed E-state index contributed by atoms with van der Waals surface area (Å²) in [6.07, 6.45) is 1.48. The molecule has 0 spiro atoms. The number of hydrogen-bond acceptors (Lipinski definition) is 5. The van der Waals surface area contributed by atoms with Gasteiger partial charge in [0.25, 0.3) is 0 Å². The van der Waals surface area contributed by atoms with E-state index in [-0.39, 0.29) is 11.2 Å². The van der Waals surface area contributed by atoms with Crippen LogP contribution in [0.2, 0.25) is 0 Å². The number of aliphatic carboxylic acids is 1. The van der Waals surface area contributed by atoms with Gasteiger partial charge in [0.1, 0.15) is 11.6 Å². The molecule has 0 saturated carbocycles. The predicted molar refractivity (Wildman–Crippen MR) is 169 cm³/mol. The number of hydrogen-bond donors (Lipinski definition) is 1. The van der Waals surface area contributed by atoms with Gasteiger partial charge >= 0.3 is 5.97 Å². The highest BCUT2D eigenvalue weighted by molar-refractivity contribution is 9.08. The molecule has 1 atom stereocenters. The number of benzene rings is 2. The van der Waals surface area contributed by atoms with Gasteiger partial charge in [0.05, 0.1) is 23.6 Å². The quantitative estimate of drug-likeness (QED) is 0.225. The number of pyridine rings is 1. The van der Waals surface area contributed by atoms with E-state index in [2.05, 4.69) is 34.7 Å². The van der Waals surface area contributed by atoms with Crippen LogP contribution in [0.4, 0.5) is 10.1 Å². The molecule has 1 unspecified atom stereocenters. The van der Waals surface area contributed by atoms with Crippen molar-refractivity contribution in [3.8, 4) is 16.9 Å². The third-order valence-electron chi connectivity index (χ3n) is 7.70. The molecule has 3 aromatic rings. The van der Waals surface area contributed by atoms with E-state index < -0.39 is 17.7 Å². The van der Waals surface area contributed by atoms with Crippen LogP contribution < -0.4 is 9.64 Å². The summed E-state index contributed by atoms with van der Waals surface area (Å²) < 4.78 is 25.4. The number of carboxylic acid groups (broad SMARTS) is 1. The molecular weight excluding hydrogens is 599 g/mol. The van der Waals surface area contributed by atoms with Crippen LogP contribution in [-0.4, -0.2) is 41.4 Å². The number of aryl methyl sites for hydroxylation is 1. The van der Waals surface area contributed by atoms with E-state index in [4.69, 9.17) is 14.5 Å². The number of halogens is 2. The molecule has 0 radical (unpaired) electrons. The Hall–Kier alpha value is -2.97. The van der Waals surface area contributed by atoms with Gasteiger partial charge in [-0.2, -0.15) is 0 Å². The molecule has 0 amide bonds. The molecule has 0 bridgehead atoms. The van der Waals surface area contributed by atoms with Crippen LogP contribution in [-0.2, 0) is 21.3 Å². The van der Waals surface area contributed by atoms with E-state index in [0.717, 1.165) is 59.8 Å². The van der Waals surface area contributed by atoms with Gasteiger partial charge in [0, 0.05) is 41.7 Å². The number of nitrogens with zero attached hydrogens (tertiary/aromatic N) is 2. The van der Waals surface area contributed by atoms with E-state index in [1.54, 1.807) is 12.1 Å². The lowest BCUT2D eigenvalue weighted by molar-refractivity contribution is -0.160. The van der Waals surface area contributed by atoms with Gasteiger partial charge in [0.15, 0.2) is 6.10 Å². The minimum absolute atomic E-state index is 0.220. The summed E-state index contributed by atoms with van der Waals surface area (Å²) >= 11 is 3.59. The molecule has 2 aromatic carbocycles. The first-order chi connectivity index (χ1) is 19.8. The number of carboxylic acids is 1. The molecule has 2 heterocycles. The Morgan fingerprint density at radius 1 is 1.10 bits per heavy atom. The molecule has 226 valence electrons. The molecule has 42 heavy (non-hydrogen) atoms. The summed E-state index contributed by atoms with van der Waals surface area (Å²) in [6.45, 7) is 14.3. The molecular formula is C34H42BrFN2O4. The van der Waals surface area contributed by atoms with Crippen LogP contribution in [0, 0.1) is 18.2 Å². The second-order valence-corrected chi connectivity index (χ2v) is 13.3. The van der Waals surface area contributed by atoms with Crippen molar-refractivity contribution in [3.63, 3.8) is 0 Å². The van der Waals surface area contributed by atoms with Gasteiger partial charge in [-0.3, -0.25) is 4.98 Å². The maximum absolute atomic E-state index is 13.2. The minimum atomic E-state index is -1.18. The van der Waals surface area contributed by atoms with Crippen LogP contribution >= 0.6 is 15.9 Å². The fourth-order valence-electron chi connectivity index (χ4n) is 5.39. The Morgan fingerprint density at radius 3 is 2.26 bits per heavy atom. The van der Waals surface area contributed by atoms with Crippen LogP contribution in [0.5, 0.6) is 5.75 Å². The highest BCUT2D eigenvalue weighted by Gasteiger charge is 2.37. The monoisotopic (exact) mass is 640 g/mol. The average molecular weight is 642 g/mol. The molecule has 4 rings (SSSR count). The third-order valence-corrected chi connectivity index (χ3v) is 8.23. The molecule has 1 aliphatic rings. The number of aromatic nitrogens is 1. The number of piperidine rings is 1. The van der Waals surface area contributed by atoms with Crippen molar-refractivity contribution < 1.29 is 23.8 Å². The van der Waals surface area contributed by atoms with Crippen LogP contribution in [0.25, 0.3) is 11.1 Å². The van der Waals surface area contributed by atoms with Crippen molar-refractivity contribution in [1.29, 1.82) is 0 Å². The van der Waals surface area contributed by atoms with E-state index in [1.807, 2.05) is 52.0 Å². The zero-order chi connectivity index (χ0) is 30.7. The topological polar surface area (TPSA) is 71.9 Å². The highest BCUT2D eigenvalue weighted by atomic mass is 79.9. The fraction of sp³-hybridized carbons (Fsp3) is 0.471. The molecule has 0 aliphatic carbocycles. The zero-order valence-corrected chi connectivity index (χ0v) is 27.1. The average Bonchev–Trinajstić information content (AvgIpc) is 2.92. The van der Waals surface area contributed by atoms with E-state index in [9.17, 15) is 14.3 Å². The number of anilines is 1. The van der Waals surface area contributed by atoms with Gasteiger partial charge in [-0.25, -0.2) is 9.18 Å². The predicted octanol–water partition coefficient (Wildman–Crippen LogP) is 8.28. The van der Waals surface area contributed by atoms with E-state index >= 15 is 0 Å². The molecule has 1 saturated heterocycles. The van der Waals surface area contributed by atoms with Crippen molar-refractivity contribution >= 4 is 27.6 Å². The lowest BCUT2D eigenvalue weighted by atomic mass is 9.82. The van der Waals surface area contributed by atoms with Crippen molar-refractivity contribution in [2.24, 2.45) is 5.41 Å². The van der Waals surface area contributed by atoms with Crippen molar-refractivity contribution in [2.45, 2.75) is 77.8 Å². The summed E-state index contributed by atoms with van der Waals surface area (Å²) in [6, 6.07) is 14.3. The Labute approximate surface area is 257 Å². The minimum Gasteiger partial charge on any atom is -0.493 e. The number of alkyl halides is 1. The van der Waals surface area contributed by atoms with Gasteiger partial charge < -0.3 is 19.5 Å². The number of carbonyl (C=O) groups is 1. The van der Waals surface area contributed by atoms with Gasteiger partial charge in [0.2, 0.25) is 0 Å². The summed E-state index contributed by atoms with van der Waals surface area (Å²) in [5.41, 5.74) is 5.40. The Bertz CT molecular complexity index is 1370. The SMILES string of the molecule is Cc1nc(CBr)c(C(OC(C)(C)C)C(=O)O)c(N2CCC(C)(C)CC2)c1-c1ccc(OCCc2ccc(F)cc2)cc1. The lowest BCUT2D eigenvalue weighted by Gasteiger charge is -2.41. The van der Waals surface area contributed by atoms with E-state index in [1.165, 1.54) is 12.1 Å². The van der Waals surface area contributed by atoms with Crippen molar-refractivity contribution in [1.82, 2.24) is 4.98 Å². The van der Waals surface area contributed by atoms with Crippen molar-refractivity contribution in [2.75, 3.05) is 24.6 Å². The second kappa shape index (κ2) is 13.1. The normalized spacial score (nSPS) is 15.9. The van der Waals surface area contributed by atoms with Crippen LogP contribution in [0.3, 0.4) is 0 Å².